The standard InChI is InChI=1S/C19H20N2O/c22-19(17-9-5-2-6-10-17)21-20-18-13-11-16(12-14-18)15-7-3-1-4-8-15/h1-10,13,16,20H,11-12,14H2,(H,21,22)/t16-/m1/s1. The maximum absolute atomic E-state index is 12.0. The topological polar surface area (TPSA) is 41.1 Å². The zero-order valence-corrected chi connectivity index (χ0v) is 12.5. The van der Waals surface area contributed by atoms with Crippen molar-refractivity contribution < 1.29 is 4.79 Å². The molecule has 1 atom stereocenters. The minimum Gasteiger partial charge on any atom is -0.303 e. The molecular weight excluding hydrogens is 272 g/mol. The van der Waals surface area contributed by atoms with Crippen LogP contribution in [0.4, 0.5) is 0 Å². The second-order valence-corrected chi connectivity index (χ2v) is 5.56. The van der Waals surface area contributed by atoms with Gasteiger partial charge in [-0.3, -0.25) is 10.2 Å². The Bertz CT molecular complexity index is 650. The summed E-state index contributed by atoms with van der Waals surface area (Å²) < 4.78 is 0. The minimum absolute atomic E-state index is 0.105. The van der Waals surface area contributed by atoms with Gasteiger partial charge in [0.05, 0.1) is 0 Å². The van der Waals surface area contributed by atoms with Crippen molar-refractivity contribution >= 4 is 5.91 Å². The molecule has 1 aliphatic carbocycles. The SMILES string of the molecule is O=C(NNC1=CC[C@@H](c2ccccc2)CC1)c1ccccc1. The molecule has 0 radical (unpaired) electrons. The van der Waals surface area contributed by atoms with E-state index in [4.69, 9.17) is 0 Å². The Morgan fingerprint density at radius 3 is 2.27 bits per heavy atom. The van der Waals surface area contributed by atoms with E-state index in [2.05, 4.69) is 41.2 Å². The first-order valence-electron chi connectivity index (χ1n) is 7.68. The normalized spacial score (nSPS) is 17.5. The van der Waals surface area contributed by atoms with Gasteiger partial charge in [-0.05, 0) is 42.9 Å². The second kappa shape index (κ2) is 6.94. The smallest absolute Gasteiger partial charge is 0.269 e. The van der Waals surface area contributed by atoms with Gasteiger partial charge in [0, 0.05) is 11.3 Å². The molecule has 2 aromatic carbocycles. The Kier molecular flexibility index (Phi) is 4.54. The predicted octanol–water partition coefficient (Wildman–Crippen LogP) is 3.77. The summed E-state index contributed by atoms with van der Waals surface area (Å²) in [5.74, 6) is 0.475. The molecule has 0 unspecified atom stereocenters. The first-order chi connectivity index (χ1) is 10.8. The Balaban J connectivity index is 1.53. The summed E-state index contributed by atoms with van der Waals surface area (Å²) in [6, 6.07) is 19.8. The van der Waals surface area contributed by atoms with Crippen LogP contribution in [0.1, 0.15) is 41.1 Å². The number of carbonyl (C=O) groups is 1. The number of allylic oxidation sites excluding steroid dienone is 2. The van der Waals surface area contributed by atoms with E-state index in [0.717, 1.165) is 25.0 Å². The van der Waals surface area contributed by atoms with Gasteiger partial charge in [-0.15, -0.1) is 0 Å². The highest BCUT2D eigenvalue weighted by Gasteiger charge is 2.16. The van der Waals surface area contributed by atoms with E-state index < -0.39 is 0 Å². The number of carbonyl (C=O) groups excluding carboxylic acids is 1. The first kappa shape index (κ1) is 14.4. The van der Waals surface area contributed by atoms with Gasteiger partial charge in [-0.25, -0.2) is 0 Å². The van der Waals surface area contributed by atoms with E-state index in [-0.39, 0.29) is 5.91 Å². The van der Waals surface area contributed by atoms with Crippen LogP contribution < -0.4 is 10.9 Å². The average molecular weight is 292 g/mol. The highest BCUT2D eigenvalue weighted by molar-refractivity contribution is 5.93. The van der Waals surface area contributed by atoms with E-state index in [9.17, 15) is 4.79 Å². The van der Waals surface area contributed by atoms with Crippen molar-refractivity contribution in [2.24, 2.45) is 0 Å². The molecule has 22 heavy (non-hydrogen) atoms. The molecule has 3 heteroatoms. The molecule has 0 aliphatic heterocycles. The van der Waals surface area contributed by atoms with Crippen LogP contribution in [0.2, 0.25) is 0 Å². The predicted molar refractivity (Wildman–Crippen MR) is 88.2 cm³/mol. The molecule has 0 saturated heterocycles. The third-order valence-corrected chi connectivity index (χ3v) is 4.05. The molecule has 1 amide bonds. The van der Waals surface area contributed by atoms with Gasteiger partial charge in [-0.2, -0.15) is 0 Å². The van der Waals surface area contributed by atoms with Crippen LogP contribution in [0.25, 0.3) is 0 Å². The maximum Gasteiger partial charge on any atom is 0.269 e. The molecule has 0 spiro atoms. The quantitative estimate of drug-likeness (QED) is 0.842. The summed E-state index contributed by atoms with van der Waals surface area (Å²) >= 11 is 0. The van der Waals surface area contributed by atoms with Gasteiger partial charge in [0.25, 0.3) is 5.91 Å². The Labute approximate surface area is 131 Å². The van der Waals surface area contributed by atoms with Crippen LogP contribution in [0.15, 0.2) is 72.4 Å². The van der Waals surface area contributed by atoms with Crippen LogP contribution in [0.5, 0.6) is 0 Å². The lowest BCUT2D eigenvalue weighted by atomic mass is 9.87. The molecule has 0 fully saturated rings. The van der Waals surface area contributed by atoms with Gasteiger partial charge in [-0.1, -0.05) is 54.6 Å². The van der Waals surface area contributed by atoms with E-state index in [1.165, 1.54) is 5.56 Å². The summed E-state index contributed by atoms with van der Waals surface area (Å²) in [6.07, 6.45) is 5.25. The van der Waals surface area contributed by atoms with Gasteiger partial charge >= 0.3 is 0 Å². The lowest BCUT2D eigenvalue weighted by Crippen LogP contribution is -2.37. The molecule has 0 bridgehead atoms. The summed E-state index contributed by atoms with van der Waals surface area (Å²) in [7, 11) is 0. The largest absolute Gasteiger partial charge is 0.303 e. The number of nitrogens with one attached hydrogen (secondary N) is 2. The van der Waals surface area contributed by atoms with Gasteiger partial charge < -0.3 is 5.43 Å². The van der Waals surface area contributed by atoms with Crippen LogP contribution in [-0.4, -0.2) is 5.91 Å². The molecular formula is C19H20N2O. The van der Waals surface area contributed by atoms with Crippen molar-refractivity contribution in [2.45, 2.75) is 25.2 Å². The third-order valence-electron chi connectivity index (χ3n) is 4.05. The summed E-state index contributed by atoms with van der Waals surface area (Å²) in [4.78, 5) is 12.0. The molecule has 3 nitrogen and oxygen atoms in total. The molecule has 1 aliphatic rings. The van der Waals surface area contributed by atoms with Crippen LogP contribution in [-0.2, 0) is 0 Å². The first-order valence-corrected chi connectivity index (χ1v) is 7.68. The van der Waals surface area contributed by atoms with Crippen molar-refractivity contribution in [1.82, 2.24) is 10.9 Å². The lowest BCUT2D eigenvalue weighted by molar-refractivity contribution is 0.0938. The summed E-state index contributed by atoms with van der Waals surface area (Å²) in [5, 5.41) is 0. The summed E-state index contributed by atoms with van der Waals surface area (Å²) in [5.41, 5.74) is 8.97. The molecule has 0 aromatic heterocycles. The number of hydrogen-bond acceptors (Lipinski definition) is 2. The molecule has 112 valence electrons. The maximum atomic E-state index is 12.0. The number of rotatable bonds is 4. The number of benzene rings is 2. The van der Waals surface area contributed by atoms with Crippen molar-refractivity contribution in [3.8, 4) is 0 Å². The highest BCUT2D eigenvalue weighted by Crippen LogP contribution is 2.30. The van der Waals surface area contributed by atoms with E-state index in [0.29, 0.717) is 11.5 Å². The van der Waals surface area contributed by atoms with Crippen molar-refractivity contribution in [3.63, 3.8) is 0 Å². The van der Waals surface area contributed by atoms with Crippen LogP contribution >= 0.6 is 0 Å². The van der Waals surface area contributed by atoms with Gasteiger partial charge in [0.15, 0.2) is 0 Å². The highest BCUT2D eigenvalue weighted by atomic mass is 16.2. The summed E-state index contributed by atoms with van der Waals surface area (Å²) in [6.45, 7) is 0. The minimum atomic E-state index is -0.105. The average Bonchev–Trinajstić information content (AvgIpc) is 2.61. The third kappa shape index (κ3) is 3.55. The molecule has 3 rings (SSSR count). The zero-order valence-electron chi connectivity index (χ0n) is 12.5. The van der Waals surface area contributed by atoms with Crippen LogP contribution in [0, 0.1) is 0 Å². The monoisotopic (exact) mass is 292 g/mol. The van der Waals surface area contributed by atoms with E-state index in [1.807, 2.05) is 24.3 Å². The zero-order chi connectivity index (χ0) is 15.2. The van der Waals surface area contributed by atoms with E-state index >= 15 is 0 Å². The number of hydrazine groups is 1. The number of amides is 1. The Morgan fingerprint density at radius 2 is 1.64 bits per heavy atom. The second-order valence-electron chi connectivity index (χ2n) is 5.56. The lowest BCUT2D eigenvalue weighted by Gasteiger charge is -2.23. The molecule has 2 aromatic rings. The van der Waals surface area contributed by atoms with Crippen molar-refractivity contribution in [2.75, 3.05) is 0 Å². The molecule has 0 saturated carbocycles. The molecule has 2 N–H and O–H groups in total. The van der Waals surface area contributed by atoms with Gasteiger partial charge in [0.2, 0.25) is 0 Å². The fourth-order valence-electron chi connectivity index (χ4n) is 2.77. The van der Waals surface area contributed by atoms with Crippen molar-refractivity contribution in [1.29, 1.82) is 0 Å². The molecule has 0 heterocycles. The number of hydrogen-bond donors (Lipinski definition) is 2. The Hall–Kier alpha value is -2.55. The fraction of sp³-hybridized carbons (Fsp3) is 0.211. The van der Waals surface area contributed by atoms with Crippen molar-refractivity contribution in [3.05, 3.63) is 83.6 Å². The fourth-order valence-corrected chi connectivity index (χ4v) is 2.77. The van der Waals surface area contributed by atoms with E-state index in [1.54, 1.807) is 12.1 Å². The van der Waals surface area contributed by atoms with Gasteiger partial charge in [0.1, 0.15) is 0 Å². The van der Waals surface area contributed by atoms with Crippen LogP contribution in [0.3, 0.4) is 0 Å². The Morgan fingerprint density at radius 1 is 0.955 bits per heavy atom.